The van der Waals surface area contributed by atoms with Crippen LogP contribution in [0.1, 0.15) is 22.3 Å². The van der Waals surface area contributed by atoms with E-state index in [0.29, 0.717) is 25.3 Å². The topological polar surface area (TPSA) is 96.1 Å². The Balaban J connectivity index is 1.02. The minimum Gasteiger partial charge on any atom is -0.493 e. The van der Waals surface area contributed by atoms with E-state index in [1.165, 1.54) is 0 Å². The van der Waals surface area contributed by atoms with E-state index in [1.807, 2.05) is 88.1 Å². The van der Waals surface area contributed by atoms with Crippen LogP contribution in [0.15, 0.2) is 116 Å². The van der Waals surface area contributed by atoms with E-state index >= 15 is 0 Å². The summed E-state index contributed by atoms with van der Waals surface area (Å²) < 4.78 is 15.8. The fraction of sp³-hybridized carbons (Fsp3) is 0.125. The Bertz CT molecular complexity index is 1730. The number of carbonyl (C=O) groups excluding carboxylic acids is 1. The number of fused-ring (bicyclic) bond motifs is 1. The van der Waals surface area contributed by atoms with Gasteiger partial charge in [0.15, 0.2) is 0 Å². The molecule has 3 heterocycles. The van der Waals surface area contributed by atoms with E-state index in [2.05, 4.69) is 20.3 Å². The number of nitrogens with one attached hydrogen (secondary N) is 1. The Kier molecular flexibility index (Phi) is 7.66. The number of imidazole rings is 2. The number of aromatic nitrogens is 5. The van der Waals surface area contributed by atoms with Crippen LogP contribution in [0.4, 0.5) is 0 Å². The van der Waals surface area contributed by atoms with Gasteiger partial charge in [0.2, 0.25) is 0 Å². The van der Waals surface area contributed by atoms with E-state index in [-0.39, 0.29) is 5.91 Å². The van der Waals surface area contributed by atoms with Crippen molar-refractivity contribution in [1.29, 1.82) is 0 Å². The van der Waals surface area contributed by atoms with Gasteiger partial charge in [-0.25, -0.2) is 9.97 Å². The van der Waals surface area contributed by atoms with Crippen molar-refractivity contribution in [3.63, 3.8) is 0 Å². The number of pyridine rings is 1. The van der Waals surface area contributed by atoms with Gasteiger partial charge < -0.3 is 19.4 Å². The second kappa shape index (κ2) is 12.2. The standard InChI is InChI=1S/C32H28N6O3/c39-32(35-21-24-4-2-13-33-20-24)25-7-12-31-30(18-25)36-23-38(31)27-5-1-6-29(19-27)41-17-3-16-40-28-10-8-26(9-11-28)37-15-14-34-22-37/h1-2,4-15,18-20,22-23H,3,16-17,21H2,(H,35,39). The fourth-order valence-electron chi connectivity index (χ4n) is 4.44. The average molecular weight is 545 g/mol. The minimum absolute atomic E-state index is 0.156. The van der Waals surface area contributed by atoms with Crippen molar-refractivity contribution in [1.82, 2.24) is 29.4 Å². The Morgan fingerprint density at radius 1 is 0.805 bits per heavy atom. The molecule has 6 aromatic rings. The molecule has 1 N–H and O–H groups in total. The van der Waals surface area contributed by atoms with Crippen LogP contribution in [0.25, 0.3) is 22.4 Å². The number of carbonyl (C=O) groups is 1. The Labute approximate surface area is 237 Å². The second-order valence-corrected chi connectivity index (χ2v) is 9.37. The van der Waals surface area contributed by atoms with Gasteiger partial charge in [0, 0.05) is 55.1 Å². The SMILES string of the molecule is O=C(NCc1cccnc1)c1ccc2c(c1)ncn2-c1cccc(OCCCOc2ccc(-n3ccnc3)cc2)c1. The van der Waals surface area contributed by atoms with Gasteiger partial charge in [-0.2, -0.15) is 0 Å². The summed E-state index contributed by atoms with van der Waals surface area (Å²) >= 11 is 0. The highest BCUT2D eigenvalue weighted by Crippen LogP contribution is 2.23. The zero-order valence-corrected chi connectivity index (χ0v) is 22.3. The molecule has 0 spiro atoms. The molecule has 0 saturated heterocycles. The maximum Gasteiger partial charge on any atom is 0.251 e. The van der Waals surface area contributed by atoms with Crippen molar-refractivity contribution in [3.05, 3.63) is 127 Å². The number of hydrogen-bond donors (Lipinski definition) is 1. The monoisotopic (exact) mass is 544 g/mol. The molecular formula is C32H28N6O3. The molecule has 3 aromatic carbocycles. The van der Waals surface area contributed by atoms with E-state index in [4.69, 9.17) is 9.47 Å². The molecule has 6 rings (SSSR count). The Morgan fingerprint density at radius 2 is 1.68 bits per heavy atom. The highest BCUT2D eigenvalue weighted by Gasteiger charge is 2.11. The van der Waals surface area contributed by atoms with E-state index in [0.717, 1.165) is 45.9 Å². The smallest absolute Gasteiger partial charge is 0.251 e. The minimum atomic E-state index is -0.156. The number of rotatable bonds is 11. The van der Waals surface area contributed by atoms with Crippen LogP contribution in [0.2, 0.25) is 0 Å². The lowest BCUT2D eigenvalue weighted by atomic mass is 10.1. The van der Waals surface area contributed by atoms with E-state index in [1.54, 1.807) is 37.3 Å². The molecule has 9 heteroatoms. The first-order valence-electron chi connectivity index (χ1n) is 13.3. The van der Waals surface area contributed by atoms with Gasteiger partial charge in [0.05, 0.1) is 36.3 Å². The quantitative estimate of drug-likeness (QED) is 0.220. The van der Waals surface area contributed by atoms with Gasteiger partial charge >= 0.3 is 0 Å². The molecule has 0 aliphatic heterocycles. The third-order valence-electron chi connectivity index (χ3n) is 6.55. The summed E-state index contributed by atoms with van der Waals surface area (Å²) in [5.41, 5.74) is 5.09. The lowest BCUT2D eigenvalue weighted by molar-refractivity contribution is 0.0951. The van der Waals surface area contributed by atoms with Crippen LogP contribution in [0.5, 0.6) is 11.5 Å². The summed E-state index contributed by atoms with van der Waals surface area (Å²) in [7, 11) is 0. The van der Waals surface area contributed by atoms with Gasteiger partial charge in [0.25, 0.3) is 5.91 Å². The zero-order valence-electron chi connectivity index (χ0n) is 22.3. The normalized spacial score (nSPS) is 10.9. The van der Waals surface area contributed by atoms with Crippen LogP contribution in [-0.4, -0.2) is 43.2 Å². The van der Waals surface area contributed by atoms with Crippen molar-refractivity contribution in [2.45, 2.75) is 13.0 Å². The summed E-state index contributed by atoms with van der Waals surface area (Å²) in [6.45, 7) is 1.49. The molecule has 3 aromatic heterocycles. The molecule has 0 radical (unpaired) electrons. The second-order valence-electron chi connectivity index (χ2n) is 9.37. The fourth-order valence-corrected chi connectivity index (χ4v) is 4.44. The largest absolute Gasteiger partial charge is 0.493 e. The van der Waals surface area contributed by atoms with Crippen molar-refractivity contribution in [2.75, 3.05) is 13.2 Å². The molecule has 0 aliphatic rings. The zero-order chi connectivity index (χ0) is 27.9. The third kappa shape index (κ3) is 6.25. The van der Waals surface area contributed by atoms with E-state index < -0.39 is 0 Å². The molecule has 204 valence electrons. The Hall–Kier alpha value is -5.44. The summed E-state index contributed by atoms with van der Waals surface area (Å²) in [4.78, 5) is 25.4. The third-order valence-corrected chi connectivity index (χ3v) is 6.55. The first-order chi connectivity index (χ1) is 20.2. The number of benzene rings is 3. The van der Waals surface area contributed by atoms with Crippen molar-refractivity contribution in [2.24, 2.45) is 0 Å². The lowest BCUT2D eigenvalue weighted by Gasteiger charge is -2.11. The molecule has 0 atom stereocenters. The number of nitrogens with zero attached hydrogens (tertiary/aromatic N) is 5. The predicted molar refractivity (Wildman–Crippen MR) is 156 cm³/mol. The highest BCUT2D eigenvalue weighted by atomic mass is 16.5. The summed E-state index contributed by atoms with van der Waals surface area (Å²) in [6, 6.07) is 25.1. The summed E-state index contributed by atoms with van der Waals surface area (Å²) in [6.07, 6.45) is 11.4. The van der Waals surface area contributed by atoms with Crippen LogP contribution in [0, 0.1) is 0 Å². The molecule has 0 aliphatic carbocycles. The molecule has 0 saturated carbocycles. The molecular weight excluding hydrogens is 516 g/mol. The molecule has 1 amide bonds. The first kappa shape index (κ1) is 25.8. The van der Waals surface area contributed by atoms with Crippen molar-refractivity contribution >= 4 is 16.9 Å². The van der Waals surface area contributed by atoms with Crippen molar-refractivity contribution in [3.8, 4) is 22.9 Å². The first-order valence-corrected chi connectivity index (χ1v) is 13.3. The van der Waals surface area contributed by atoms with Crippen LogP contribution >= 0.6 is 0 Å². The van der Waals surface area contributed by atoms with Gasteiger partial charge in [-0.1, -0.05) is 12.1 Å². The van der Waals surface area contributed by atoms with Crippen molar-refractivity contribution < 1.29 is 14.3 Å². The van der Waals surface area contributed by atoms with Gasteiger partial charge in [-0.05, 0) is 66.2 Å². The number of amides is 1. The summed E-state index contributed by atoms with van der Waals surface area (Å²) in [5.74, 6) is 1.42. The van der Waals surface area contributed by atoms with Gasteiger partial charge in [-0.3, -0.25) is 14.3 Å². The van der Waals surface area contributed by atoms with Gasteiger partial charge in [0.1, 0.15) is 17.8 Å². The molecule has 0 fully saturated rings. The van der Waals surface area contributed by atoms with E-state index in [9.17, 15) is 4.79 Å². The van der Waals surface area contributed by atoms with Crippen LogP contribution < -0.4 is 14.8 Å². The molecule has 41 heavy (non-hydrogen) atoms. The molecule has 0 bridgehead atoms. The highest BCUT2D eigenvalue weighted by molar-refractivity contribution is 5.97. The lowest BCUT2D eigenvalue weighted by Crippen LogP contribution is -2.22. The van der Waals surface area contributed by atoms with Crippen LogP contribution in [-0.2, 0) is 6.54 Å². The number of ether oxygens (including phenoxy) is 2. The molecule has 9 nitrogen and oxygen atoms in total. The Morgan fingerprint density at radius 3 is 2.49 bits per heavy atom. The van der Waals surface area contributed by atoms with Gasteiger partial charge in [-0.15, -0.1) is 0 Å². The molecule has 0 unspecified atom stereocenters. The number of hydrogen-bond acceptors (Lipinski definition) is 6. The van der Waals surface area contributed by atoms with Crippen LogP contribution in [0.3, 0.4) is 0 Å². The maximum atomic E-state index is 12.7. The average Bonchev–Trinajstić information content (AvgIpc) is 3.71. The predicted octanol–water partition coefficient (Wildman–Crippen LogP) is 5.38. The maximum absolute atomic E-state index is 12.7. The summed E-state index contributed by atoms with van der Waals surface area (Å²) in [5, 5.41) is 2.93.